The van der Waals surface area contributed by atoms with Crippen LogP contribution in [-0.4, -0.2) is 12.6 Å². The molecule has 96 valence electrons. The van der Waals surface area contributed by atoms with Gasteiger partial charge in [0.05, 0.1) is 6.61 Å². The quantitative estimate of drug-likeness (QED) is 0.883. The normalized spacial score (nSPS) is 16.2. The third kappa shape index (κ3) is 4.52. The number of rotatable bonds is 5. The Hall–Kier alpha value is -0.800. The lowest BCUT2D eigenvalue weighted by molar-refractivity contribution is 0.298. The first kappa shape index (κ1) is 14.3. The first-order valence-corrected chi connectivity index (χ1v) is 5.82. The van der Waals surface area contributed by atoms with Crippen LogP contribution >= 0.6 is 12.4 Å². The zero-order valence-corrected chi connectivity index (χ0v) is 10.8. The molecule has 1 atom stereocenters. The molecule has 1 aliphatic carbocycles. The van der Waals surface area contributed by atoms with E-state index in [0.29, 0.717) is 30.3 Å². The average molecular weight is 260 g/mol. The van der Waals surface area contributed by atoms with E-state index >= 15 is 0 Å². The van der Waals surface area contributed by atoms with Crippen LogP contribution in [-0.2, 0) is 6.42 Å². The van der Waals surface area contributed by atoms with Crippen LogP contribution in [0.25, 0.3) is 0 Å². The van der Waals surface area contributed by atoms with Crippen molar-refractivity contribution >= 4 is 12.4 Å². The van der Waals surface area contributed by atoms with E-state index in [2.05, 4.69) is 0 Å². The Labute approximate surface area is 108 Å². The summed E-state index contributed by atoms with van der Waals surface area (Å²) in [6.45, 7) is 2.59. The molecule has 2 N–H and O–H groups in total. The van der Waals surface area contributed by atoms with E-state index in [0.717, 1.165) is 0 Å². The van der Waals surface area contributed by atoms with Crippen molar-refractivity contribution in [1.82, 2.24) is 0 Å². The summed E-state index contributed by atoms with van der Waals surface area (Å²) in [4.78, 5) is 0. The van der Waals surface area contributed by atoms with Gasteiger partial charge in [0.15, 0.2) is 0 Å². The zero-order chi connectivity index (χ0) is 11.5. The van der Waals surface area contributed by atoms with Crippen molar-refractivity contribution in [2.45, 2.75) is 32.2 Å². The monoisotopic (exact) mass is 259 g/mol. The van der Waals surface area contributed by atoms with Crippen molar-refractivity contribution in [3.8, 4) is 5.75 Å². The molecule has 1 aromatic rings. The molecular weight excluding hydrogens is 241 g/mol. The molecule has 0 bridgehead atoms. The van der Waals surface area contributed by atoms with E-state index in [1.54, 1.807) is 6.07 Å². The van der Waals surface area contributed by atoms with Crippen LogP contribution in [0.2, 0.25) is 0 Å². The van der Waals surface area contributed by atoms with Crippen LogP contribution < -0.4 is 10.5 Å². The number of benzene rings is 1. The minimum atomic E-state index is -0.217. The molecule has 1 saturated carbocycles. The molecule has 0 spiro atoms. The van der Waals surface area contributed by atoms with Gasteiger partial charge in [0, 0.05) is 12.1 Å². The smallest absolute Gasteiger partial charge is 0.130 e. The maximum Gasteiger partial charge on any atom is 0.130 e. The molecule has 0 radical (unpaired) electrons. The van der Waals surface area contributed by atoms with Crippen LogP contribution in [0.15, 0.2) is 18.2 Å². The second-order valence-corrected chi connectivity index (χ2v) is 4.69. The van der Waals surface area contributed by atoms with Gasteiger partial charge in [0.1, 0.15) is 11.6 Å². The molecule has 0 aromatic heterocycles. The molecule has 0 aliphatic heterocycles. The SMILES string of the molecule is CC(N)Cc1ccc(OCC2CC2)cc1F.Cl. The molecular formula is C13H19ClFNO. The molecule has 1 aliphatic rings. The van der Waals surface area contributed by atoms with E-state index in [9.17, 15) is 4.39 Å². The van der Waals surface area contributed by atoms with Gasteiger partial charge in [-0.25, -0.2) is 4.39 Å². The van der Waals surface area contributed by atoms with Crippen molar-refractivity contribution in [2.24, 2.45) is 11.7 Å². The lowest BCUT2D eigenvalue weighted by atomic mass is 10.1. The van der Waals surface area contributed by atoms with E-state index in [1.165, 1.54) is 18.9 Å². The summed E-state index contributed by atoms with van der Waals surface area (Å²) in [5, 5.41) is 0. The molecule has 1 fully saturated rings. The van der Waals surface area contributed by atoms with Gasteiger partial charge in [-0.2, -0.15) is 0 Å². The summed E-state index contributed by atoms with van der Waals surface area (Å²) >= 11 is 0. The van der Waals surface area contributed by atoms with Crippen LogP contribution in [0.5, 0.6) is 5.75 Å². The number of hydrogen-bond donors (Lipinski definition) is 1. The molecule has 4 heteroatoms. The highest BCUT2D eigenvalue weighted by molar-refractivity contribution is 5.85. The number of hydrogen-bond acceptors (Lipinski definition) is 2. The first-order valence-electron chi connectivity index (χ1n) is 5.82. The molecule has 0 saturated heterocycles. The van der Waals surface area contributed by atoms with Gasteiger partial charge in [-0.15, -0.1) is 12.4 Å². The summed E-state index contributed by atoms with van der Waals surface area (Å²) < 4.78 is 19.1. The van der Waals surface area contributed by atoms with Crippen molar-refractivity contribution < 1.29 is 9.13 Å². The lowest BCUT2D eigenvalue weighted by Crippen LogP contribution is -2.18. The van der Waals surface area contributed by atoms with Crippen molar-refractivity contribution in [3.63, 3.8) is 0 Å². The lowest BCUT2D eigenvalue weighted by Gasteiger charge is -2.09. The molecule has 1 unspecified atom stereocenters. The Morgan fingerprint density at radius 2 is 2.18 bits per heavy atom. The van der Waals surface area contributed by atoms with Gasteiger partial charge in [-0.1, -0.05) is 6.07 Å². The molecule has 1 aromatic carbocycles. The molecule has 17 heavy (non-hydrogen) atoms. The Balaban J connectivity index is 0.00000144. The highest BCUT2D eigenvalue weighted by Crippen LogP contribution is 2.29. The van der Waals surface area contributed by atoms with Gasteiger partial charge in [0.2, 0.25) is 0 Å². The highest BCUT2D eigenvalue weighted by atomic mass is 35.5. The molecule has 0 heterocycles. The molecule has 0 amide bonds. The minimum absolute atomic E-state index is 0. The predicted octanol–water partition coefficient (Wildman–Crippen LogP) is 2.93. The van der Waals surface area contributed by atoms with Crippen LogP contribution in [0.1, 0.15) is 25.3 Å². The summed E-state index contributed by atoms with van der Waals surface area (Å²) in [6.07, 6.45) is 3.05. The van der Waals surface area contributed by atoms with Crippen molar-refractivity contribution in [2.75, 3.05) is 6.61 Å². The standard InChI is InChI=1S/C13H18FNO.ClH/c1-9(15)6-11-4-5-12(7-13(11)14)16-8-10-2-3-10;/h4-5,7,9-10H,2-3,6,8,15H2,1H3;1H. The van der Waals surface area contributed by atoms with Crippen LogP contribution in [0.4, 0.5) is 4.39 Å². The van der Waals surface area contributed by atoms with Crippen molar-refractivity contribution in [1.29, 1.82) is 0 Å². The number of halogens is 2. The van der Waals surface area contributed by atoms with Gasteiger partial charge in [0.25, 0.3) is 0 Å². The summed E-state index contributed by atoms with van der Waals surface area (Å²) in [6, 6.07) is 5.03. The van der Waals surface area contributed by atoms with E-state index in [4.69, 9.17) is 10.5 Å². The van der Waals surface area contributed by atoms with E-state index in [-0.39, 0.29) is 24.3 Å². The third-order valence-corrected chi connectivity index (χ3v) is 2.75. The maximum absolute atomic E-state index is 13.6. The maximum atomic E-state index is 13.6. The van der Waals surface area contributed by atoms with E-state index < -0.39 is 0 Å². The summed E-state index contributed by atoms with van der Waals surface area (Å²) in [5.74, 6) is 1.09. The number of ether oxygens (including phenoxy) is 1. The van der Waals surface area contributed by atoms with E-state index in [1.807, 2.05) is 13.0 Å². The van der Waals surface area contributed by atoms with Crippen molar-refractivity contribution in [3.05, 3.63) is 29.6 Å². The fraction of sp³-hybridized carbons (Fsp3) is 0.538. The van der Waals surface area contributed by atoms with Crippen LogP contribution in [0.3, 0.4) is 0 Å². The van der Waals surface area contributed by atoms with Gasteiger partial charge in [-0.05, 0) is 43.7 Å². The average Bonchev–Trinajstić information content (AvgIpc) is 3.02. The Kier molecular flexibility index (Phi) is 5.22. The largest absolute Gasteiger partial charge is 0.493 e. The highest BCUT2D eigenvalue weighted by Gasteiger charge is 2.22. The molecule has 2 rings (SSSR count). The fourth-order valence-electron chi connectivity index (χ4n) is 1.63. The Bertz CT molecular complexity index is 366. The second kappa shape index (κ2) is 6.22. The Morgan fingerprint density at radius 1 is 1.47 bits per heavy atom. The minimum Gasteiger partial charge on any atom is -0.493 e. The summed E-state index contributed by atoms with van der Waals surface area (Å²) in [5.41, 5.74) is 6.30. The topological polar surface area (TPSA) is 35.2 Å². The first-order chi connectivity index (χ1) is 7.65. The second-order valence-electron chi connectivity index (χ2n) is 4.69. The van der Waals surface area contributed by atoms with Gasteiger partial charge >= 0.3 is 0 Å². The fourth-order valence-corrected chi connectivity index (χ4v) is 1.63. The number of nitrogens with two attached hydrogens (primary N) is 1. The third-order valence-electron chi connectivity index (χ3n) is 2.75. The van der Waals surface area contributed by atoms with Crippen LogP contribution in [0, 0.1) is 11.7 Å². The predicted molar refractivity (Wildman–Crippen MR) is 69.2 cm³/mol. The Morgan fingerprint density at radius 3 is 2.71 bits per heavy atom. The zero-order valence-electron chi connectivity index (χ0n) is 9.99. The molecule has 2 nitrogen and oxygen atoms in total. The van der Waals surface area contributed by atoms with Gasteiger partial charge in [-0.3, -0.25) is 0 Å². The summed E-state index contributed by atoms with van der Waals surface area (Å²) in [7, 11) is 0. The van der Waals surface area contributed by atoms with Gasteiger partial charge < -0.3 is 10.5 Å².